The number of carbonyl (C=O) groups is 1. The molecular formula is C20H26N4O4S. The molecule has 2 aliphatic heterocycles. The number of hydrogen-bond donors (Lipinski definition) is 0. The topological polar surface area (TPSA) is 87.0 Å². The molecular weight excluding hydrogens is 392 g/mol. The van der Waals surface area contributed by atoms with E-state index < -0.39 is 10.0 Å². The summed E-state index contributed by atoms with van der Waals surface area (Å²) in [6, 6.07) is 7.31. The SMILES string of the molecule is Cc1cc(CN2CCN(C(=O)c3ccc4c(c3)CCCN4S(C)(=O)=O)CC2)on1. The van der Waals surface area contributed by atoms with E-state index in [1.54, 1.807) is 12.1 Å². The molecule has 3 heterocycles. The molecule has 29 heavy (non-hydrogen) atoms. The van der Waals surface area contributed by atoms with E-state index in [2.05, 4.69) is 10.1 Å². The Morgan fingerprint density at radius 1 is 1.14 bits per heavy atom. The minimum atomic E-state index is -3.30. The number of benzene rings is 1. The molecule has 1 aromatic carbocycles. The quantitative estimate of drug-likeness (QED) is 0.750. The van der Waals surface area contributed by atoms with E-state index in [-0.39, 0.29) is 5.91 Å². The van der Waals surface area contributed by atoms with Gasteiger partial charge in [0.25, 0.3) is 5.91 Å². The molecule has 0 unspecified atom stereocenters. The number of aromatic nitrogens is 1. The molecule has 1 saturated heterocycles. The van der Waals surface area contributed by atoms with Crippen molar-refractivity contribution in [2.24, 2.45) is 0 Å². The average Bonchev–Trinajstić information content (AvgIpc) is 3.11. The maximum absolute atomic E-state index is 13.0. The van der Waals surface area contributed by atoms with Gasteiger partial charge in [-0.3, -0.25) is 14.0 Å². The molecule has 0 bridgehead atoms. The van der Waals surface area contributed by atoms with Crippen LogP contribution in [0.4, 0.5) is 5.69 Å². The number of aryl methyl sites for hydroxylation is 2. The van der Waals surface area contributed by atoms with Crippen LogP contribution in [0.5, 0.6) is 0 Å². The van der Waals surface area contributed by atoms with Gasteiger partial charge in [0.2, 0.25) is 10.0 Å². The van der Waals surface area contributed by atoms with Crippen LogP contribution in [0.25, 0.3) is 0 Å². The van der Waals surface area contributed by atoms with Crippen molar-refractivity contribution < 1.29 is 17.7 Å². The van der Waals surface area contributed by atoms with Gasteiger partial charge in [-0.05, 0) is 43.5 Å². The van der Waals surface area contributed by atoms with E-state index in [0.717, 1.165) is 42.9 Å². The highest BCUT2D eigenvalue weighted by molar-refractivity contribution is 7.92. The fourth-order valence-electron chi connectivity index (χ4n) is 4.04. The summed E-state index contributed by atoms with van der Waals surface area (Å²) in [6.45, 7) is 5.94. The Bertz CT molecular complexity index is 1010. The lowest BCUT2D eigenvalue weighted by Gasteiger charge is -2.34. The van der Waals surface area contributed by atoms with E-state index in [9.17, 15) is 13.2 Å². The van der Waals surface area contributed by atoms with Crippen LogP contribution in [0.3, 0.4) is 0 Å². The lowest BCUT2D eigenvalue weighted by Crippen LogP contribution is -2.48. The van der Waals surface area contributed by atoms with E-state index in [4.69, 9.17) is 4.52 Å². The van der Waals surface area contributed by atoms with Crippen molar-refractivity contribution >= 4 is 21.6 Å². The first-order valence-electron chi connectivity index (χ1n) is 9.86. The number of sulfonamides is 1. The van der Waals surface area contributed by atoms with Crippen molar-refractivity contribution in [3.05, 3.63) is 46.8 Å². The summed E-state index contributed by atoms with van der Waals surface area (Å²) in [7, 11) is -3.30. The Morgan fingerprint density at radius 2 is 1.90 bits per heavy atom. The van der Waals surface area contributed by atoms with Crippen LogP contribution in [-0.2, 0) is 23.0 Å². The van der Waals surface area contributed by atoms with Crippen LogP contribution in [0, 0.1) is 6.92 Å². The summed E-state index contributed by atoms with van der Waals surface area (Å²) in [5.74, 6) is 0.840. The molecule has 1 fully saturated rings. The summed E-state index contributed by atoms with van der Waals surface area (Å²) in [6.07, 6.45) is 2.77. The first-order valence-corrected chi connectivity index (χ1v) is 11.7. The van der Waals surface area contributed by atoms with Gasteiger partial charge < -0.3 is 9.42 Å². The van der Waals surface area contributed by atoms with Gasteiger partial charge >= 0.3 is 0 Å². The standard InChI is InChI=1S/C20H26N4O4S/c1-15-12-18(28-21-15)14-22-8-10-23(11-9-22)20(25)17-5-6-19-16(13-17)4-3-7-24(19)29(2,26)27/h5-6,12-13H,3-4,7-11,14H2,1-2H3. The van der Waals surface area contributed by atoms with Crippen molar-refractivity contribution in [1.29, 1.82) is 0 Å². The van der Waals surface area contributed by atoms with Crippen LogP contribution in [0.2, 0.25) is 0 Å². The zero-order valence-corrected chi connectivity index (χ0v) is 17.6. The van der Waals surface area contributed by atoms with E-state index in [0.29, 0.717) is 37.4 Å². The van der Waals surface area contributed by atoms with Crippen LogP contribution < -0.4 is 4.31 Å². The summed E-state index contributed by atoms with van der Waals surface area (Å²) < 4.78 is 30.7. The molecule has 156 valence electrons. The Labute approximate surface area is 171 Å². The second-order valence-corrected chi connectivity index (χ2v) is 9.69. The van der Waals surface area contributed by atoms with Gasteiger partial charge in [-0.1, -0.05) is 5.16 Å². The molecule has 1 aromatic heterocycles. The Hall–Kier alpha value is -2.39. The fourth-order valence-corrected chi connectivity index (χ4v) is 5.04. The highest BCUT2D eigenvalue weighted by Gasteiger charge is 2.27. The van der Waals surface area contributed by atoms with Gasteiger partial charge in [0.15, 0.2) is 5.76 Å². The molecule has 4 rings (SSSR count). The fraction of sp³-hybridized carbons (Fsp3) is 0.500. The molecule has 0 atom stereocenters. The first kappa shape index (κ1) is 19.9. The summed E-state index contributed by atoms with van der Waals surface area (Å²) >= 11 is 0. The molecule has 2 aromatic rings. The predicted octanol–water partition coefficient (Wildman–Crippen LogP) is 1.65. The van der Waals surface area contributed by atoms with Gasteiger partial charge in [0.05, 0.1) is 24.2 Å². The Morgan fingerprint density at radius 3 is 2.55 bits per heavy atom. The minimum absolute atomic E-state index is 0.000520. The third-order valence-electron chi connectivity index (χ3n) is 5.52. The highest BCUT2D eigenvalue weighted by atomic mass is 32.2. The molecule has 8 nitrogen and oxygen atoms in total. The van der Waals surface area contributed by atoms with Gasteiger partial charge in [-0.15, -0.1) is 0 Å². The number of amides is 1. The number of fused-ring (bicyclic) bond motifs is 1. The molecule has 0 radical (unpaired) electrons. The second kappa shape index (κ2) is 7.79. The number of rotatable bonds is 4. The van der Waals surface area contributed by atoms with Gasteiger partial charge in [0, 0.05) is 44.4 Å². The first-order chi connectivity index (χ1) is 13.8. The highest BCUT2D eigenvalue weighted by Crippen LogP contribution is 2.30. The van der Waals surface area contributed by atoms with Gasteiger partial charge in [0.1, 0.15) is 0 Å². The Kier molecular flexibility index (Phi) is 5.35. The lowest BCUT2D eigenvalue weighted by atomic mass is 10.00. The maximum atomic E-state index is 13.0. The van der Waals surface area contributed by atoms with Crippen LogP contribution in [-0.4, -0.2) is 68.3 Å². The maximum Gasteiger partial charge on any atom is 0.253 e. The number of hydrogen-bond acceptors (Lipinski definition) is 6. The molecule has 9 heteroatoms. The van der Waals surface area contributed by atoms with Crippen LogP contribution in [0.15, 0.2) is 28.8 Å². The molecule has 0 aliphatic carbocycles. The van der Waals surface area contributed by atoms with Crippen LogP contribution in [0.1, 0.15) is 33.8 Å². The van der Waals surface area contributed by atoms with Crippen molar-refractivity contribution in [3.8, 4) is 0 Å². The molecule has 0 saturated carbocycles. The van der Waals surface area contributed by atoms with Crippen molar-refractivity contribution in [1.82, 2.24) is 15.0 Å². The van der Waals surface area contributed by atoms with Crippen molar-refractivity contribution in [3.63, 3.8) is 0 Å². The van der Waals surface area contributed by atoms with Gasteiger partial charge in [-0.25, -0.2) is 8.42 Å². The Balaban J connectivity index is 1.41. The summed E-state index contributed by atoms with van der Waals surface area (Å²) in [4.78, 5) is 17.1. The largest absolute Gasteiger partial charge is 0.360 e. The number of anilines is 1. The van der Waals surface area contributed by atoms with E-state index in [1.165, 1.54) is 10.6 Å². The second-order valence-electron chi connectivity index (χ2n) is 7.79. The number of carbonyl (C=O) groups excluding carboxylic acids is 1. The normalized spacial score (nSPS) is 18.0. The third kappa shape index (κ3) is 4.30. The van der Waals surface area contributed by atoms with Crippen molar-refractivity contribution in [2.75, 3.05) is 43.3 Å². The minimum Gasteiger partial charge on any atom is -0.360 e. The molecule has 0 N–H and O–H groups in total. The van der Waals surface area contributed by atoms with Crippen molar-refractivity contribution in [2.45, 2.75) is 26.3 Å². The average molecular weight is 419 g/mol. The third-order valence-corrected chi connectivity index (χ3v) is 6.70. The van der Waals surface area contributed by atoms with E-state index in [1.807, 2.05) is 24.0 Å². The lowest BCUT2D eigenvalue weighted by molar-refractivity contribution is 0.0617. The number of nitrogens with zero attached hydrogens (tertiary/aromatic N) is 4. The number of piperazine rings is 1. The summed E-state index contributed by atoms with van der Waals surface area (Å²) in [5, 5.41) is 3.91. The molecule has 2 aliphatic rings. The monoisotopic (exact) mass is 418 g/mol. The molecule has 1 amide bonds. The van der Waals surface area contributed by atoms with E-state index >= 15 is 0 Å². The smallest absolute Gasteiger partial charge is 0.253 e. The summed E-state index contributed by atoms with van der Waals surface area (Å²) in [5.41, 5.74) is 3.11. The zero-order chi connectivity index (χ0) is 20.6. The zero-order valence-electron chi connectivity index (χ0n) is 16.8. The van der Waals surface area contributed by atoms with Crippen LogP contribution >= 0.6 is 0 Å². The van der Waals surface area contributed by atoms with Gasteiger partial charge in [-0.2, -0.15) is 0 Å². The predicted molar refractivity (Wildman–Crippen MR) is 109 cm³/mol. The molecule has 0 spiro atoms.